The van der Waals surface area contributed by atoms with Crippen LogP contribution in [0.15, 0.2) is 12.4 Å². The summed E-state index contributed by atoms with van der Waals surface area (Å²) < 4.78 is 1.82. The molecular formula is C9H17N3. The van der Waals surface area contributed by atoms with Gasteiger partial charge >= 0.3 is 0 Å². The minimum absolute atomic E-state index is 0.0915. The average Bonchev–Trinajstić information content (AvgIpc) is 2.51. The molecule has 0 aromatic carbocycles. The normalized spacial score (nSPS) is 16.0. The molecule has 0 aliphatic rings. The minimum Gasteiger partial charge on any atom is -0.330 e. The first kappa shape index (κ1) is 9.26. The molecular weight excluding hydrogens is 150 g/mol. The van der Waals surface area contributed by atoms with Crippen molar-refractivity contribution in [2.45, 2.75) is 25.7 Å². The van der Waals surface area contributed by atoms with Gasteiger partial charge < -0.3 is 5.73 Å². The molecule has 3 heteroatoms. The smallest absolute Gasteiger partial charge is 0.0527 e. The lowest BCUT2D eigenvalue weighted by Crippen LogP contribution is -2.30. The fourth-order valence-electron chi connectivity index (χ4n) is 1.20. The number of rotatable bonds is 3. The van der Waals surface area contributed by atoms with Crippen molar-refractivity contribution >= 4 is 0 Å². The summed E-state index contributed by atoms with van der Waals surface area (Å²) in [5.74, 6) is 0. The zero-order valence-electron chi connectivity index (χ0n) is 8.04. The van der Waals surface area contributed by atoms with Crippen LogP contribution in [0, 0.1) is 0 Å². The fraction of sp³-hybridized carbons (Fsp3) is 0.667. The van der Waals surface area contributed by atoms with Crippen molar-refractivity contribution in [2.75, 3.05) is 6.54 Å². The van der Waals surface area contributed by atoms with E-state index >= 15 is 0 Å². The zero-order valence-corrected chi connectivity index (χ0v) is 8.04. The molecule has 0 fully saturated rings. The quantitative estimate of drug-likeness (QED) is 0.731. The van der Waals surface area contributed by atoms with Gasteiger partial charge in [0.2, 0.25) is 0 Å². The van der Waals surface area contributed by atoms with Gasteiger partial charge in [-0.1, -0.05) is 13.8 Å². The molecule has 2 N–H and O–H groups in total. The highest BCUT2D eigenvalue weighted by atomic mass is 15.2. The van der Waals surface area contributed by atoms with E-state index in [4.69, 9.17) is 5.73 Å². The van der Waals surface area contributed by atoms with E-state index < -0.39 is 0 Å². The Morgan fingerprint density at radius 1 is 1.67 bits per heavy atom. The Kier molecular flexibility index (Phi) is 2.52. The van der Waals surface area contributed by atoms with Crippen LogP contribution in [0.3, 0.4) is 0 Å². The first-order valence-corrected chi connectivity index (χ1v) is 4.31. The highest BCUT2D eigenvalue weighted by Gasteiger charge is 2.23. The van der Waals surface area contributed by atoms with Crippen molar-refractivity contribution in [3.05, 3.63) is 18.0 Å². The van der Waals surface area contributed by atoms with Crippen LogP contribution in [-0.2, 0) is 12.5 Å². The van der Waals surface area contributed by atoms with E-state index in [-0.39, 0.29) is 5.41 Å². The van der Waals surface area contributed by atoms with Crippen LogP contribution in [0.1, 0.15) is 25.8 Å². The van der Waals surface area contributed by atoms with E-state index in [1.54, 1.807) is 0 Å². The van der Waals surface area contributed by atoms with Gasteiger partial charge in [-0.2, -0.15) is 5.10 Å². The van der Waals surface area contributed by atoms with Crippen molar-refractivity contribution in [2.24, 2.45) is 12.8 Å². The first-order valence-electron chi connectivity index (χ1n) is 4.31. The molecule has 1 aromatic heterocycles. The first-order chi connectivity index (χ1) is 5.62. The second-order valence-corrected chi connectivity index (χ2v) is 3.52. The maximum Gasteiger partial charge on any atom is 0.0527 e. The summed E-state index contributed by atoms with van der Waals surface area (Å²) in [6, 6.07) is 0. The predicted octanol–water partition coefficient (Wildman–Crippen LogP) is 1.05. The summed E-state index contributed by atoms with van der Waals surface area (Å²) in [5.41, 5.74) is 7.04. The predicted molar refractivity (Wildman–Crippen MR) is 49.9 cm³/mol. The van der Waals surface area contributed by atoms with Crippen molar-refractivity contribution in [3.63, 3.8) is 0 Å². The van der Waals surface area contributed by atoms with E-state index in [0.29, 0.717) is 6.54 Å². The summed E-state index contributed by atoms with van der Waals surface area (Å²) in [6.45, 7) is 5.00. The minimum atomic E-state index is 0.0915. The Bertz CT molecular complexity index is 248. The van der Waals surface area contributed by atoms with Gasteiger partial charge in [0.05, 0.1) is 6.20 Å². The number of nitrogens with zero attached hydrogens (tertiary/aromatic N) is 2. The lowest BCUT2D eigenvalue weighted by molar-refractivity contribution is 0.466. The highest BCUT2D eigenvalue weighted by molar-refractivity contribution is 5.18. The lowest BCUT2D eigenvalue weighted by Gasteiger charge is -2.24. The van der Waals surface area contributed by atoms with Crippen LogP contribution >= 0.6 is 0 Å². The van der Waals surface area contributed by atoms with Crippen LogP contribution in [-0.4, -0.2) is 16.3 Å². The Morgan fingerprint density at radius 3 is 2.67 bits per heavy atom. The standard InChI is InChI=1S/C9H17N3/c1-4-9(2,7-10)8-5-11-12(3)6-8/h5-6H,4,7,10H2,1-3H3. The number of hydrogen-bond acceptors (Lipinski definition) is 2. The number of aromatic nitrogens is 2. The van der Waals surface area contributed by atoms with Gasteiger partial charge in [-0.25, -0.2) is 0 Å². The molecule has 1 atom stereocenters. The van der Waals surface area contributed by atoms with Gasteiger partial charge in [0, 0.05) is 25.2 Å². The maximum atomic E-state index is 5.72. The number of aryl methyl sites for hydroxylation is 1. The van der Waals surface area contributed by atoms with Gasteiger partial charge in [0.1, 0.15) is 0 Å². The molecule has 0 spiro atoms. The van der Waals surface area contributed by atoms with Crippen molar-refractivity contribution in [3.8, 4) is 0 Å². The Balaban J connectivity index is 2.94. The van der Waals surface area contributed by atoms with Gasteiger partial charge in [0.15, 0.2) is 0 Å². The molecule has 0 aliphatic heterocycles. The van der Waals surface area contributed by atoms with Crippen molar-refractivity contribution in [1.82, 2.24) is 9.78 Å². The topological polar surface area (TPSA) is 43.8 Å². The molecule has 0 aliphatic carbocycles. The van der Waals surface area contributed by atoms with Crippen molar-refractivity contribution in [1.29, 1.82) is 0 Å². The molecule has 1 aromatic rings. The third-order valence-electron chi connectivity index (χ3n) is 2.63. The monoisotopic (exact) mass is 167 g/mol. The molecule has 1 unspecified atom stereocenters. The summed E-state index contributed by atoms with van der Waals surface area (Å²) in [7, 11) is 1.93. The van der Waals surface area contributed by atoms with Crippen LogP contribution in [0.4, 0.5) is 0 Å². The van der Waals surface area contributed by atoms with Crippen LogP contribution < -0.4 is 5.73 Å². The molecule has 1 heterocycles. The van der Waals surface area contributed by atoms with Gasteiger partial charge in [-0.05, 0) is 12.0 Å². The van der Waals surface area contributed by atoms with Crippen LogP contribution in [0.25, 0.3) is 0 Å². The highest BCUT2D eigenvalue weighted by Crippen LogP contribution is 2.25. The SMILES string of the molecule is CCC(C)(CN)c1cnn(C)c1. The molecule has 0 bridgehead atoms. The van der Waals surface area contributed by atoms with Crippen LogP contribution in [0.5, 0.6) is 0 Å². The summed E-state index contributed by atoms with van der Waals surface area (Å²) in [5, 5.41) is 4.14. The third kappa shape index (κ3) is 1.50. The summed E-state index contributed by atoms with van der Waals surface area (Å²) >= 11 is 0. The zero-order chi connectivity index (χ0) is 9.19. The fourth-order valence-corrected chi connectivity index (χ4v) is 1.20. The van der Waals surface area contributed by atoms with Crippen molar-refractivity contribution < 1.29 is 0 Å². The number of hydrogen-bond donors (Lipinski definition) is 1. The number of nitrogens with two attached hydrogens (primary N) is 1. The molecule has 0 saturated carbocycles. The second-order valence-electron chi connectivity index (χ2n) is 3.52. The van der Waals surface area contributed by atoms with E-state index in [0.717, 1.165) is 6.42 Å². The molecule has 3 nitrogen and oxygen atoms in total. The Hall–Kier alpha value is -0.830. The molecule has 12 heavy (non-hydrogen) atoms. The molecule has 0 saturated heterocycles. The molecule has 0 amide bonds. The van der Waals surface area contributed by atoms with E-state index in [2.05, 4.69) is 18.9 Å². The van der Waals surface area contributed by atoms with Gasteiger partial charge in [0.25, 0.3) is 0 Å². The summed E-state index contributed by atoms with van der Waals surface area (Å²) in [6.07, 6.45) is 4.99. The molecule has 68 valence electrons. The maximum absolute atomic E-state index is 5.72. The Morgan fingerprint density at radius 2 is 2.33 bits per heavy atom. The second kappa shape index (κ2) is 3.27. The molecule has 1 rings (SSSR count). The van der Waals surface area contributed by atoms with E-state index in [1.165, 1.54) is 5.56 Å². The lowest BCUT2D eigenvalue weighted by atomic mass is 9.82. The van der Waals surface area contributed by atoms with E-state index in [1.807, 2.05) is 24.1 Å². The molecule has 0 radical (unpaired) electrons. The Labute approximate surface area is 73.6 Å². The van der Waals surface area contributed by atoms with Crippen LogP contribution in [0.2, 0.25) is 0 Å². The van der Waals surface area contributed by atoms with Gasteiger partial charge in [-0.3, -0.25) is 4.68 Å². The van der Waals surface area contributed by atoms with E-state index in [9.17, 15) is 0 Å². The summed E-state index contributed by atoms with van der Waals surface area (Å²) in [4.78, 5) is 0. The van der Waals surface area contributed by atoms with Gasteiger partial charge in [-0.15, -0.1) is 0 Å². The average molecular weight is 167 g/mol. The third-order valence-corrected chi connectivity index (χ3v) is 2.63. The largest absolute Gasteiger partial charge is 0.330 e.